The van der Waals surface area contributed by atoms with Crippen molar-refractivity contribution >= 4 is 27.6 Å². The van der Waals surface area contributed by atoms with Crippen LogP contribution in [0.1, 0.15) is 44.1 Å². The molecule has 3 rings (SSSR count). The quantitative estimate of drug-likeness (QED) is 0.477. The van der Waals surface area contributed by atoms with Gasteiger partial charge < -0.3 is 15.0 Å². The number of ether oxygens (including phenoxy) is 1. The molecule has 1 aliphatic carbocycles. The maximum atomic E-state index is 14.1. The first kappa shape index (κ1) is 25.1. The van der Waals surface area contributed by atoms with Crippen molar-refractivity contribution in [2.75, 3.05) is 18.6 Å². The van der Waals surface area contributed by atoms with Crippen LogP contribution in [0.25, 0.3) is 0 Å². The van der Waals surface area contributed by atoms with E-state index in [0.29, 0.717) is 18.8 Å². The Morgan fingerprint density at radius 2 is 1.97 bits per heavy atom. The number of carbonyl (C=O) groups excluding carboxylic acids is 3. The Kier molecular flexibility index (Phi) is 8.04. The van der Waals surface area contributed by atoms with E-state index < -0.39 is 45.4 Å². The summed E-state index contributed by atoms with van der Waals surface area (Å²) in [6, 6.07) is 2.32. The lowest BCUT2D eigenvalue weighted by molar-refractivity contribution is -0.148. The van der Waals surface area contributed by atoms with E-state index in [1.165, 1.54) is 17.0 Å². The first-order valence-electron chi connectivity index (χ1n) is 10.9. The van der Waals surface area contributed by atoms with Crippen LogP contribution >= 0.6 is 0 Å². The average molecular weight is 487 g/mol. The highest BCUT2D eigenvalue weighted by atomic mass is 32.2. The Bertz CT molecular complexity index is 1010. The molecule has 0 aromatic heterocycles. The molecule has 8 nitrogen and oxygen atoms in total. The van der Waals surface area contributed by atoms with Gasteiger partial charge in [0.1, 0.15) is 12.6 Å². The van der Waals surface area contributed by atoms with Gasteiger partial charge in [0.15, 0.2) is 21.5 Å². The molecule has 182 valence electrons. The molecule has 0 bridgehead atoms. The molecule has 2 aliphatic rings. The first-order valence-corrected chi connectivity index (χ1v) is 13.0. The van der Waals surface area contributed by atoms with E-state index in [0.717, 1.165) is 25.2 Å². The first-order chi connectivity index (χ1) is 15.5. The minimum absolute atomic E-state index is 0.0247. The zero-order valence-corrected chi connectivity index (χ0v) is 19.2. The Morgan fingerprint density at radius 1 is 1.24 bits per heavy atom. The number of nitrogens with zero attached hydrogens (tertiary/aromatic N) is 1. The lowest BCUT2D eigenvalue weighted by atomic mass is 10.1. The summed E-state index contributed by atoms with van der Waals surface area (Å²) in [6.45, 7) is -0.446. The van der Waals surface area contributed by atoms with E-state index in [2.05, 4.69) is 5.32 Å². The Hall–Kier alpha value is -2.56. The van der Waals surface area contributed by atoms with Gasteiger partial charge in [-0.05, 0) is 24.8 Å². The van der Waals surface area contributed by atoms with E-state index in [1.54, 1.807) is 0 Å². The summed E-state index contributed by atoms with van der Waals surface area (Å²) in [5.74, 6) is -3.47. The third kappa shape index (κ3) is 7.48. The predicted octanol–water partition coefficient (Wildman–Crippen LogP) is 1.72. The topological polar surface area (TPSA) is 110 Å². The molecule has 0 unspecified atom stereocenters. The summed E-state index contributed by atoms with van der Waals surface area (Å²) in [5.41, 5.74) is 0.0247. The van der Waals surface area contributed by atoms with E-state index in [9.17, 15) is 31.6 Å². The van der Waals surface area contributed by atoms with Crippen molar-refractivity contribution in [1.82, 2.24) is 10.2 Å². The van der Waals surface area contributed by atoms with Gasteiger partial charge in [0.2, 0.25) is 11.8 Å². The molecular weight excluding hydrogens is 458 g/mol. The minimum atomic E-state index is -3.29. The molecule has 1 aromatic rings. The van der Waals surface area contributed by atoms with Crippen molar-refractivity contribution in [3.05, 3.63) is 35.4 Å². The summed E-state index contributed by atoms with van der Waals surface area (Å²) in [5, 5.41) is 2.65. The number of rotatable bonds is 11. The van der Waals surface area contributed by atoms with Gasteiger partial charge in [-0.25, -0.2) is 22.0 Å². The minimum Gasteiger partial charge on any atom is -0.463 e. The van der Waals surface area contributed by atoms with Gasteiger partial charge in [-0.2, -0.15) is 0 Å². The molecule has 1 aromatic carbocycles. The fraction of sp³-hybridized carbons (Fsp3) is 0.591. The second-order valence-corrected chi connectivity index (χ2v) is 11.0. The molecule has 1 saturated carbocycles. The number of carbonyl (C=O) groups is 3. The van der Waals surface area contributed by atoms with E-state index in [-0.39, 0.29) is 43.2 Å². The summed E-state index contributed by atoms with van der Waals surface area (Å²) in [6.07, 6.45) is 3.78. The molecule has 33 heavy (non-hydrogen) atoms. The van der Waals surface area contributed by atoms with Gasteiger partial charge in [-0.3, -0.25) is 9.59 Å². The van der Waals surface area contributed by atoms with E-state index >= 15 is 0 Å². The van der Waals surface area contributed by atoms with Gasteiger partial charge in [-0.15, -0.1) is 0 Å². The molecule has 1 aliphatic heterocycles. The van der Waals surface area contributed by atoms with Crippen LogP contribution in [0.5, 0.6) is 0 Å². The van der Waals surface area contributed by atoms with Crippen molar-refractivity contribution < 1.29 is 36.3 Å². The van der Waals surface area contributed by atoms with Crippen LogP contribution in [0.2, 0.25) is 0 Å². The van der Waals surface area contributed by atoms with Crippen LogP contribution in [0.3, 0.4) is 0 Å². The number of hydrogen-bond donors (Lipinski definition) is 1. The van der Waals surface area contributed by atoms with Crippen LogP contribution in [-0.2, 0) is 35.5 Å². The monoisotopic (exact) mass is 486 g/mol. The van der Waals surface area contributed by atoms with Gasteiger partial charge in [0, 0.05) is 37.2 Å². The molecule has 11 heteroatoms. The number of hydrogen-bond acceptors (Lipinski definition) is 6. The highest BCUT2D eigenvalue weighted by molar-refractivity contribution is 7.90. The van der Waals surface area contributed by atoms with E-state index in [1.807, 2.05) is 0 Å². The van der Waals surface area contributed by atoms with Gasteiger partial charge in [0.25, 0.3) is 0 Å². The fourth-order valence-corrected chi connectivity index (χ4v) is 4.23. The number of benzene rings is 1. The molecule has 2 fully saturated rings. The zero-order valence-electron chi connectivity index (χ0n) is 18.4. The molecule has 0 spiro atoms. The van der Waals surface area contributed by atoms with Crippen molar-refractivity contribution in [3.8, 4) is 0 Å². The molecule has 1 N–H and O–H groups in total. The van der Waals surface area contributed by atoms with Crippen molar-refractivity contribution in [2.45, 2.75) is 57.2 Å². The normalized spacial score (nSPS) is 19.4. The number of halogens is 2. The van der Waals surface area contributed by atoms with Crippen LogP contribution in [-0.4, -0.2) is 61.8 Å². The lowest BCUT2D eigenvalue weighted by Crippen LogP contribution is -2.45. The average Bonchev–Trinajstić information content (AvgIpc) is 3.48. The number of likely N-dealkylation sites (tertiary alicyclic amines) is 1. The smallest absolute Gasteiger partial charge is 0.328 e. The molecular formula is C22H28F2N2O6S. The van der Waals surface area contributed by atoms with Crippen molar-refractivity contribution in [2.24, 2.45) is 5.92 Å². The molecule has 1 heterocycles. The van der Waals surface area contributed by atoms with Gasteiger partial charge in [0.05, 0.1) is 5.75 Å². The summed E-state index contributed by atoms with van der Waals surface area (Å²) in [7, 11) is -3.29. The second kappa shape index (κ2) is 10.6. The second-order valence-electron chi connectivity index (χ2n) is 8.73. The highest BCUT2D eigenvalue weighted by Gasteiger charge is 2.35. The van der Waals surface area contributed by atoms with Crippen molar-refractivity contribution in [1.29, 1.82) is 0 Å². The summed E-state index contributed by atoms with van der Waals surface area (Å²) in [4.78, 5) is 38.8. The Morgan fingerprint density at radius 3 is 2.64 bits per heavy atom. The standard InChI is InChI=1S/C22H28F2N2O6S/c1-33(30,31)10-9-32-22(29)18(11-14-5-6-14)25-19(27)12-16-7-8-20(28)26(16)13-15-3-2-4-17(23)21(15)24/h2-4,14,16,18H,5-13H2,1H3,(H,25,27)/t16-,18-/m0/s1. The fourth-order valence-electron chi connectivity index (χ4n) is 3.84. The number of nitrogens with one attached hydrogen (secondary N) is 1. The Labute approximate surface area is 191 Å². The molecule has 1 saturated heterocycles. The zero-order chi connectivity index (χ0) is 24.2. The van der Waals surface area contributed by atoms with E-state index in [4.69, 9.17) is 4.74 Å². The third-order valence-electron chi connectivity index (χ3n) is 5.83. The maximum absolute atomic E-state index is 14.1. The maximum Gasteiger partial charge on any atom is 0.328 e. The van der Waals surface area contributed by atoms with Crippen LogP contribution in [0.15, 0.2) is 18.2 Å². The predicted molar refractivity (Wildman–Crippen MR) is 114 cm³/mol. The highest BCUT2D eigenvalue weighted by Crippen LogP contribution is 2.34. The lowest BCUT2D eigenvalue weighted by Gasteiger charge is -2.26. The number of amides is 2. The molecule has 2 atom stereocenters. The number of sulfone groups is 1. The SMILES string of the molecule is CS(=O)(=O)CCOC(=O)[C@H](CC1CC1)NC(=O)C[C@@H]1CCC(=O)N1Cc1cccc(F)c1F. The summed E-state index contributed by atoms with van der Waals surface area (Å²) < 4.78 is 55.1. The number of esters is 1. The van der Waals surface area contributed by atoms with Crippen LogP contribution in [0, 0.1) is 17.6 Å². The van der Waals surface area contributed by atoms with Crippen LogP contribution < -0.4 is 5.32 Å². The largest absolute Gasteiger partial charge is 0.463 e. The third-order valence-corrected chi connectivity index (χ3v) is 6.74. The summed E-state index contributed by atoms with van der Waals surface area (Å²) >= 11 is 0. The molecule has 0 radical (unpaired) electrons. The Balaban J connectivity index is 1.59. The van der Waals surface area contributed by atoms with Crippen molar-refractivity contribution in [3.63, 3.8) is 0 Å². The molecule has 2 amide bonds. The van der Waals surface area contributed by atoms with Gasteiger partial charge >= 0.3 is 5.97 Å². The van der Waals surface area contributed by atoms with Gasteiger partial charge in [-0.1, -0.05) is 25.0 Å². The van der Waals surface area contributed by atoms with Crippen LogP contribution in [0.4, 0.5) is 8.78 Å².